The first-order valence-corrected chi connectivity index (χ1v) is 9.51. The molecule has 12 heteroatoms. The highest BCUT2D eigenvalue weighted by atomic mass is 16.4. The average molecular weight is 430 g/mol. The molecule has 0 aliphatic rings. The smallest absolute Gasteiger partial charge is 0.303 e. The van der Waals surface area contributed by atoms with Gasteiger partial charge in [-0.05, 0) is 26.8 Å². The molecule has 3 amide bonds. The number of hydrogen-bond acceptors (Lipinski definition) is 7. The van der Waals surface area contributed by atoms with Crippen LogP contribution in [0.2, 0.25) is 0 Å². The van der Waals surface area contributed by atoms with Crippen molar-refractivity contribution in [2.75, 3.05) is 20.1 Å². The van der Waals surface area contributed by atoms with Crippen LogP contribution in [-0.4, -0.2) is 77.9 Å². The Hall–Kier alpha value is -3.02. The minimum atomic E-state index is -1.16. The Morgan fingerprint density at radius 2 is 1.27 bits per heavy atom. The first-order valence-electron chi connectivity index (χ1n) is 9.51. The van der Waals surface area contributed by atoms with Gasteiger partial charge in [-0.1, -0.05) is 0 Å². The van der Waals surface area contributed by atoms with Crippen LogP contribution >= 0.6 is 0 Å². The van der Waals surface area contributed by atoms with Crippen LogP contribution in [-0.2, 0) is 28.8 Å². The van der Waals surface area contributed by atoms with Gasteiger partial charge in [0.05, 0.1) is 6.04 Å². The fourth-order valence-corrected chi connectivity index (χ4v) is 2.37. The Labute approximate surface area is 174 Å². The molecule has 0 aliphatic heterocycles. The zero-order valence-electron chi connectivity index (χ0n) is 17.2. The predicted molar refractivity (Wildman–Crippen MR) is 104 cm³/mol. The lowest BCUT2D eigenvalue weighted by Crippen LogP contribution is -2.52. The molecular formula is C18H30N4O8. The summed E-state index contributed by atoms with van der Waals surface area (Å²) in [5.41, 5.74) is 0. The van der Waals surface area contributed by atoms with E-state index in [-0.39, 0.29) is 63.3 Å². The molecule has 30 heavy (non-hydrogen) atoms. The van der Waals surface area contributed by atoms with Crippen LogP contribution in [0.5, 0.6) is 0 Å². The van der Waals surface area contributed by atoms with Gasteiger partial charge in [-0.25, -0.2) is 0 Å². The largest absolute Gasteiger partial charge is 0.481 e. The van der Waals surface area contributed by atoms with Gasteiger partial charge in [0.15, 0.2) is 0 Å². The van der Waals surface area contributed by atoms with Crippen molar-refractivity contribution in [1.82, 2.24) is 21.3 Å². The molecule has 0 saturated carbocycles. The summed E-state index contributed by atoms with van der Waals surface area (Å²) in [6.45, 7) is 1.55. The maximum absolute atomic E-state index is 12.3. The van der Waals surface area contributed by atoms with E-state index in [4.69, 9.17) is 10.2 Å². The molecular weight excluding hydrogens is 400 g/mol. The SMILES string of the molecule is CN[C@H](CCC(=O)O)C(=O)NC(CCC(=O)O)C(=O)NCCC(=O)NCCC(C)=O. The van der Waals surface area contributed by atoms with Crippen molar-refractivity contribution in [2.45, 2.75) is 57.5 Å². The van der Waals surface area contributed by atoms with Gasteiger partial charge < -0.3 is 31.5 Å². The highest BCUT2D eigenvalue weighted by molar-refractivity contribution is 5.90. The number of likely N-dealkylation sites (N-methyl/N-ethyl adjacent to an activating group) is 1. The summed E-state index contributed by atoms with van der Waals surface area (Å²) in [7, 11) is 1.46. The van der Waals surface area contributed by atoms with Crippen molar-refractivity contribution in [2.24, 2.45) is 0 Å². The summed E-state index contributed by atoms with van der Waals surface area (Å²) >= 11 is 0. The van der Waals surface area contributed by atoms with Crippen molar-refractivity contribution in [3.8, 4) is 0 Å². The lowest BCUT2D eigenvalue weighted by atomic mass is 10.1. The Morgan fingerprint density at radius 3 is 1.77 bits per heavy atom. The maximum atomic E-state index is 12.3. The second-order valence-corrected chi connectivity index (χ2v) is 6.61. The summed E-state index contributed by atoms with van der Waals surface area (Å²) in [6, 6.07) is -2.02. The van der Waals surface area contributed by atoms with Crippen molar-refractivity contribution >= 4 is 35.4 Å². The van der Waals surface area contributed by atoms with Gasteiger partial charge in [-0.2, -0.15) is 0 Å². The van der Waals surface area contributed by atoms with Gasteiger partial charge in [0, 0.05) is 38.8 Å². The fourth-order valence-electron chi connectivity index (χ4n) is 2.37. The topological polar surface area (TPSA) is 191 Å². The van der Waals surface area contributed by atoms with Crippen LogP contribution in [0.4, 0.5) is 0 Å². The van der Waals surface area contributed by atoms with E-state index in [1.54, 1.807) is 0 Å². The van der Waals surface area contributed by atoms with Crippen LogP contribution in [0.15, 0.2) is 0 Å². The van der Waals surface area contributed by atoms with E-state index in [0.29, 0.717) is 0 Å². The molecule has 12 nitrogen and oxygen atoms in total. The number of rotatable bonds is 16. The Balaban J connectivity index is 4.70. The van der Waals surface area contributed by atoms with Crippen LogP contribution in [0.1, 0.15) is 45.4 Å². The zero-order valence-corrected chi connectivity index (χ0v) is 17.2. The summed E-state index contributed by atoms with van der Waals surface area (Å²) in [6.07, 6.45) is -0.664. The number of ketones is 1. The summed E-state index contributed by atoms with van der Waals surface area (Å²) < 4.78 is 0. The molecule has 0 saturated heterocycles. The molecule has 0 spiro atoms. The van der Waals surface area contributed by atoms with E-state index < -0.39 is 35.8 Å². The molecule has 0 radical (unpaired) electrons. The summed E-state index contributed by atoms with van der Waals surface area (Å²) in [5, 5.41) is 27.6. The molecule has 0 rings (SSSR count). The van der Waals surface area contributed by atoms with Crippen molar-refractivity contribution in [3.05, 3.63) is 0 Å². The van der Waals surface area contributed by atoms with Crippen LogP contribution in [0.3, 0.4) is 0 Å². The number of carbonyl (C=O) groups excluding carboxylic acids is 4. The Morgan fingerprint density at radius 1 is 0.733 bits per heavy atom. The second-order valence-electron chi connectivity index (χ2n) is 6.61. The monoisotopic (exact) mass is 430 g/mol. The van der Waals surface area contributed by atoms with Gasteiger partial charge in [-0.15, -0.1) is 0 Å². The van der Waals surface area contributed by atoms with Gasteiger partial charge in [-0.3, -0.25) is 28.8 Å². The zero-order chi connectivity index (χ0) is 23.1. The van der Waals surface area contributed by atoms with Crippen LogP contribution < -0.4 is 21.3 Å². The number of nitrogens with one attached hydrogen (secondary N) is 4. The maximum Gasteiger partial charge on any atom is 0.303 e. The first-order chi connectivity index (χ1) is 14.1. The first kappa shape index (κ1) is 27.0. The number of Topliss-reactive ketones (excluding diaryl/α,β-unsaturated/α-hetero) is 1. The van der Waals surface area contributed by atoms with Crippen LogP contribution in [0, 0.1) is 0 Å². The van der Waals surface area contributed by atoms with Gasteiger partial charge in [0.1, 0.15) is 11.8 Å². The van der Waals surface area contributed by atoms with Crippen molar-refractivity contribution < 1.29 is 39.0 Å². The molecule has 6 N–H and O–H groups in total. The number of hydrogen-bond donors (Lipinski definition) is 6. The third-order valence-corrected chi connectivity index (χ3v) is 4.04. The quantitative estimate of drug-likeness (QED) is 0.167. The third kappa shape index (κ3) is 13.2. The number of amides is 3. The summed E-state index contributed by atoms with van der Waals surface area (Å²) in [5.74, 6) is -3.95. The Bertz CT molecular complexity index is 638. The van der Waals surface area contributed by atoms with Crippen LogP contribution in [0.25, 0.3) is 0 Å². The number of aliphatic carboxylic acids is 2. The molecule has 1 unspecified atom stereocenters. The summed E-state index contributed by atoms with van der Waals surface area (Å²) in [4.78, 5) is 68.6. The van der Waals surface area contributed by atoms with E-state index in [1.807, 2.05) is 0 Å². The highest BCUT2D eigenvalue weighted by Gasteiger charge is 2.25. The van der Waals surface area contributed by atoms with E-state index in [0.717, 1.165) is 0 Å². The Kier molecular flexibility index (Phi) is 13.4. The molecule has 0 bridgehead atoms. The van der Waals surface area contributed by atoms with Crippen molar-refractivity contribution in [3.63, 3.8) is 0 Å². The number of carboxylic acid groups (broad SMARTS) is 2. The van der Waals surface area contributed by atoms with Gasteiger partial charge in [0.25, 0.3) is 0 Å². The van der Waals surface area contributed by atoms with E-state index >= 15 is 0 Å². The number of carboxylic acids is 2. The second kappa shape index (κ2) is 14.9. The van der Waals surface area contributed by atoms with E-state index in [9.17, 15) is 28.8 Å². The lowest BCUT2D eigenvalue weighted by Gasteiger charge is -2.21. The molecule has 0 aromatic carbocycles. The third-order valence-electron chi connectivity index (χ3n) is 4.04. The molecule has 170 valence electrons. The molecule has 0 aromatic rings. The van der Waals surface area contributed by atoms with Gasteiger partial charge >= 0.3 is 11.9 Å². The molecule has 0 fully saturated rings. The van der Waals surface area contributed by atoms with Gasteiger partial charge in [0.2, 0.25) is 17.7 Å². The van der Waals surface area contributed by atoms with Crippen molar-refractivity contribution in [1.29, 1.82) is 0 Å². The van der Waals surface area contributed by atoms with E-state index in [2.05, 4.69) is 21.3 Å². The number of carbonyl (C=O) groups is 6. The fraction of sp³-hybridized carbons (Fsp3) is 0.667. The molecule has 0 aliphatic carbocycles. The predicted octanol–water partition coefficient (Wildman–Crippen LogP) is -1.61. The lowest BCUT2D eigenvalue weighted by molar-refractivity contribution is -0.139. The molecule has 0 aromatic heterocycles. The minimum absolute atomic E-state index is 0.00856. The minimum Gasteiger partial charge on any atom is -0.481 e. The molecule has 0 heterocycles. The van der Waals surface area contributed by atoms with E-state index in [1.165, 1.54) is 14.0 Å². The average Bonchev–Trinajstić information content (AvgIpc) is 2.64. The molecule has 2 atom stereocenters. The normalized spacial score (nSPS) is 12.3. The standard InChI is InChI=1S/C18H30N4O8/c1-11(23)7-9-20-14(24)8-10-21-17(29)13(4-6-16(27)28)22-18(30)12(19-2)3-5-15(25)26/h12-13,19H,3-10H2,1-2H3,(H,20,24)(H,21,29)(H,22,30)(H,25,26)(H,27,28)/t12-,13?/m1/s1. The highest BCUT2D eigenvalue weighted by Crippen LogP contribution is 2.03.